The molecule has 3 heteroatoms. The van der Waals surface area contributed by atoms with Crippen molar-refractivity contribution in [2.24, 2.45) is 11.7 Å². The summed E-state index contributed by atoms with van der Waals surface area (Å²) >= 11 is 0. The number of nitrogens with zero attached hydrogens (tertiary/aromatic N) is 2. The van der Waals surface area contributed by atoms with Gasteiger partial charge in [0.05, 0.1) is 17.5 Å². The van der Waals surface area contributed by atoms with Gasteiger partial charge in [-0.1, -0.05) is 13.0 Å². The minimum absolute atomic E-state index is 0.494. The second kappa shape index (κ2) is 3.80. The zero-order valence-corrected chi connectivity index (χ0v) is 8.35. The molecule has 1 atom stereocenters. The Morgan fingerprint density at radius 2 is 2.36 bits per heavy atom. The highest BCUT2D eigenvalue weighted by molar-refractivity contribution is 5.51. The molecule has 2 rings (SSSR count). The Morgan fingerprint density at radius 1 is 1.50 bits per heavy atom. The minimum atomic E-state index is 0.494. The second-order valence-electron chi connectivity index (χ2n) is 3.73. The van der Waals surface area contributed by atoms with Gasteiger partial charge in [-0.2, -0.15) is 0 Å². The van der Waals surface area contributed by atoms with E-state index >= 15 is 0 Å². The van der Waals surface area contributed by atoms with Gasteiger partial charge in [0.25, 0.3) is 0 Å². The van der Waals surface area contributed by atoms with Crippen LogP contribution in [0, 0.1) is 5.92 Å². The first-order valence-corrected chi connectivity index (χ1v) is 4.92. The fourth-order valence-electron chi connectivity index (χ4n) is 1.57. The number of rotatable bonds is 3. The Bertz CT molecular complexity index is 419. The maximum atomic E-state index is 5.60. The Morgan fingerprint density at radius 3 is 3.14 bits per heavy atom. The number of pyridine rings is 1. The van der Waals surface area contributed by atoms with E-state index in [9.17, 15) is 0 Å². The maximum absolute atomic E-state index is 5.60. The van der Waals surface area contributed by atoms with Gasteiger partial charge in [-0.15, -0.1) is 0 Å². The highest BCUT2D eigenvalue weighted by Crippen LogP contribution is 2.12. The summed E-state index contributed by atoms with van der Waals surface area (Å²) in [5.41, 5.74) is 7.93. The van der Waals surface area contributed by atoms with Crippen LogP contribution in [0.1, 0.15) is 12.6 Å². The molecule has 0 saturated carbocycles. The van der Waals surface area contributed by atoms with Crippen LogP contribution in [0.3, 0.4) is 0 Å². The minimum Gasteiger partial charge on any atom is -0.330 e. The van der Waals surface area contributed by atoms with E-state index in [1.807, 2.05) is 29.1 Å². The van der Waals surface area contributed by atoms with Crippen LogP contribution >= 0.6 is 0 Å². The summed E-state index contributed by atoms with van der Waals surface area (Å²) in [6, 6.07) is 6.13. The summed E-state index contributed by atoms with van der Waals surface area (Å²) in [4.78, 5) is 4.39. The summed E-state index contributed by atoms with van der Waals surface area (Å²) in [7, 11) is 0. The van der Waals surface area contributed by atoms with Gasteiger partial charge in [0.2, 0.25) is 0 Å². The number of hydrogen-bond acceptors (Lipinski definition) is 2. The van der Waals surface area contributed by atoms with Crippen LogP contribution in [-0.2, 0) is 6.42 Å². The van der Waals surface area contributed by atoms with E-state index < -0.39 is 0 Å². The van der Waals surface area contributed by atoms with Crippen molar-refractivity contribution in [1.82, 2.24) is 9.38 Å². The summed E-state index contributed by atoms with van der Waals surface area (Å²) in [6.07, 6.45) is 4.82. The molecule has 0 fully saturated rings. The van der Waals surface area contributed by atoms with Crippen molar-refractivity contribution in [2.75, 3.05) is 6.54 Å². The molecule has 2 heterocycles. The molecule has 2 N–H and O–H groups in total. The van der Waals surface area contributed by atoms with Crippen LogP contribution in [-0.4, -0.2) is 15.9 Å². The molecule has 0 radical (unpaired) electrons. The summed E-state index contributed by atoms with van der Waals surface area (Å²) < 4.78 is 2.04. The van der Waals surface area contributed by atoms with E-state index in [1.54, 1.807) is 0 Å². The fourth-order valence-corrected chi connectivity index (χ4v) is 1.57. The highest BCUT2D eigenvalue weighted by Gasteiger charge is 2.07. The predicted molar refractivity (Wildman–Crippen MR) is 57.1 cm³/mol. The molecule has 0 aliphatic rings. The summed E-state index contributed by atoms with van der Waals surface area (Å²) in [5.74, 6) is 0.494. The molecule has 0 bridgehead atoms. The lowest BCUT2D eigenvalue weighted by Crippen LogP contribution is -2.13. The molecule has 1 unspecified atom stereocenters. The standard InChI is InChI=1S/C11H15N3/c1-9(7-12)6-10-11-4-2-3-5-14(11)8-13-10/h2-5,8-9H,6-7,12H2,1H3. The lowest BCUT2D eigenvalue weighted by Gasteiger charge is -2.05. The zero-order chi connectivity index (χ0) is 9.97. The van der Waals surface area contributed by atoms with Gasteiger partial charge in [-0.05, 0) is 31.0 Å². The van der Waals surface area contributed by atoms with Crippen LogP contribution in [0.4, 0.5) is 0 Å². The van der Waals surface area contributed by atoms with Gasteiger partial charge in [-0.25, -0.2) is 4.98 Å². The van der Waals surface area contributed by atoms with Gasteiger partial charge in [-0.3, -0.25) is 0 Å². The third-order valence-electron chi connectivity index (χ3n) is 2.47. The van der Waals surface area contributed by atoms with Crippen molar-refractivity contribution >= 4 is 5.52 Å². The van der Waals surface area contributed by atoms with E-state index in [1.165, 1.54) is 5.52 Å². The molecule has 0 spiro atoms. The lowest BCUT2D eigenvalue weighted by atomic mass is 10.1. The Balaban J connectivity index is 2.33. The third-order valence-corrected chi connectivity index (χ3v) is 2.47. The van der Waals surface area contributed by atoms with Crippen molar-refractivity contribution in [3.05, 3.63) is 36.4 Å². The van der Waals surface area contributed by atoms with Gasteiger partial charge in [0, 0.05) is 6.20 Å². The Hall–Kier alpha value is -1.35. The number of nitrogens with two attached hydrogens (primary N) is 1. The van der Waals surface area contributed by atoms with Gasteiger partial charge in [0.15, 0.2) is 0 Å². The van der Waals surface area contributed by atoms with E-state index in [2.05, 4.69) is 18.0 Å². The number of hydrogen-bond donors (Lipinski definition) is 1. The molecule has 3 nitrogen and oxygen atoms in total. The van der Waals surface area contributed by atoms with Gasteiger partial charge < -0.3 is 10.1 Å². The van der Waals surface area contributed by atoms with E-state index in [-0.39, 0.29) is 0 Å². The number of fused-ring (bicyclic) bond motifs is 1. The Kier molecular flexibility index (Phi) is 2.50. The lowest BCUT2D eigenvalue weighted by molar-refractivity contribution is 0.588. The highest BCUT2D eigenvalue weighted by atomic mass is 15.0. The van der Waals surface area contributed by atoms with Crippen LogP contribution in [0.25, 0.3) is 5.52 Å². The molecule has 0 amide bonds. The molecule has 0 saturated heterocycles. The summed E-state index contributed by atoms with van der Waals surface area (Å²) in [5, 5.41) is 0. The fraction of sp³-hybridized carbons (Fsp3) is 0.364. The first-order chi connectivity index (χ1) is 6.81. The van der Waals surface area contributed by atoms with Crippen molar-refractivity contribution < 1.29 is 0 Å². The molecule has 2 aromatic heterocycles. The molecular weight excluding hydrogens is 174 g/mol. The average molecular weight is 189 g/mol. The van der Waals surface area contributed by atoms with Crippen molar-refractivity contribution in [3.8, 4) is 0 Å². The smallest absolute Gasteiger partial charge is 0.0995 e. The predicted octanol–water partition coefficient (Wildman–Crippen LogP) is 1.47. The topological polar surface area (TPSA) is 43.3 Å². The van der Waals surface area contributed by atoms with Gasteiger partial charge >= 0.3 is 0 Å². The second-order valence-corrected chi connectivity index (χ2v) is 3.73. The molecule has 14 heavy (non-hydrogen) atoms. The normalized spacial score (nSPS) is 13.3. The zero-order valence-electron chi connectivity index (χ0n) is 8.35. The van der Waals surface area contributed by atoms with E-state index in [0.29, 0.717) is 12.5 Å². The summed E-state index contributed by atoms with van der Waals surface area (Å²) in [6.45, 7) is 2.86. The molecular formula is C11H15N3. The first-order valence-electron chi connectivity index (χ1n) is 4.92. The van der Waals surface area contributed by atoms with Crippen LogP contribution in [0.15, 0.2) is 30.7 Å². The van der Waals surface area contributed by atoms with Crippen LogP contribution in [0.2, 0.25) is 0 Å². The molecule has 0 aliphatic heterocycles. The van der Waals surface area contributed by atoms with Crippen molar-refractivity contribution in [3.63, 3.8) is 0 Å². The largest absolute Gasteiger partial charge is 0.330 e. The van der Waals surface area contributed by atoms with Crippen molar-refractivity contribution in [2.45, 2.75) is 13.3 Å². The first kappa shape index (κ1) is 9.21. The van der Waals surface area contributed by atoms with Crippen LogP contribution in [0.5, 0.6) is 0 Å². The maximum Gasteiger partial charge on any atom is 0.0995 e. The SMILES string of the molecule is CC(CN)Cc1ncn2ccccc12. The number of aromatic nitrogens is 2. The molecule has 74 valence electrons. The average Bonchev–Trinajstić information content (AvgIpc) is 2.62. The monoisotopic (exact) mass is 189 g/mol. The third kappa shape index (κ3) is 1.63. The molecule has 0 aliphatic carbocycles. The van der Waals surface area contributed by atoms with E-state index in [0.717, 1.165) is 12.1 Å². The number of imidazole rings is 1. The van der Waals surface area contributed by atoms with Crippen molar-refractivity contribution in [1.29, 1.82) is 0 Å². The Labute approximate surface area is 83.6 Å². The van der Waals surface area contributed by atoms with Crippen LogP contribution < -0.4 is 5.73 Å². The molecule has 0 aromatic carbocycles. The quantitative estimate of drug-likeness (QED) is 0.794. The van der Waals surface area contributed by atoms with Gasteiger partial charge in [0.1, 0.15) is 0 Å². The molecule has 2 aromatic rings. The van der Waals surface area contributed by atoms with E-state index in [4.69, 9.17) is 5.73 Å².